The van der Waals surface area contributed by atoms with Crippen LogP contribution in [0, 0.1) is 0 Å². The molecule has 0 fully saturated rings. The summed E-state index contributed by atoms with van der Waals surface area (Å²) in [7, 11) is 0. The van der Waals surface area contributed by atoms with Gasteiger partial charge in [0.25, 0.3) is 0 Å². The number of fused-ring (bicyclic) bond motifs is 1. The lowest BCUT2D eigenvalue weighted by Crippen LogP contribution is -2.20. The van der Waals surface area contributed by atoms with Crippen molar-refractivity contribution in [3.63, 3.8) is 0 Å². The molecule has 1 aliphatic rings. The molecule has 0 aliphatic heterocycles. The molecule has 0 amide bonds. The van der Waals surface area contributed by atoms with Crippen LogP contribution in [0.25, 0.3) is 0 Å². The number of hydrogen-bond donors (Lipinski definition) is 0. The van der Waals surface area contributed by atoms with Crippen LogP contribution in [0.5, 0.6) is 0 Å². The highest BCUT2D eigenvalue weighted by atomic mass is 35.5. The fourth-order valence-corrected chi connectivity index (χ4v) is 4.20. The van der Waals surface area contributed by atoms with Crippen molar-refractivity contribution in [2.24, 2.45) is 0 Å². The first-order valence-electron chi connectivity index (χ1n) is 6.79. The summed E-state index contributed by atoms with van der Waals surface area (Å²) in [6.45, 7) is 6.76. The minimum atomic E-state index is 0.121. The molecule has 2 unspecified atom stereocenters. The van der Waals surface area contributed by atoms with Crippen LogP contribution in [-0.4, -0.2) is 0 Å². The predicted octanol–water partition coefficient (Wildman–Crippen LogP) is 5.67. The fourth-order valence-electron chi connectivity index (χ4n) is 2.66. The van der Waals surface area contributed by atoms with Gasteiger partial charge in [-0.2, -0.15) is 0 Å². The fraction of sp³-hybridized carbons (Fsp3) is 0.412. The Balaban J connectivity index is 1.83. The van der Waals surface area contributed by atoms with Crippen molar-refractivity contribution in [1.82, 2.24) is 0 Å². The minimum Gasteiger partial charge on any atom is -0.143 e. The van der Waals surface area contributed by atoms with E-state index in [4.69, 9.17) is 11.6 Å². The first-order valence-corrected chi connectivity index (χ1v) is 8.04. The SMILES string of the molecule is CC(C)(C)c1ccc(C(Cl)C2Cc3ccccc32)s1. The third-order valence-corrected chi connectivity index (χ3v) is 6.15. The molecule has 2 atom stereocenters. The maximum Gasteiger partial charge on any atom is 0.0750 e. The second-order valence-electron chi connectivity index (χ2n) is 6.36. The zero-order chi connectivity index (χ0) is 13.6. The average Bonchev–Trinajstić information content (AvgIpc) is 2.79. The van der Waals surface area contributed by atoms with Crippen LogP contribution in [0.3, 0.4) is 0 Å². The highest BCUT2D eigenvalue weighted by molar-refractivity contribution is 7.12. The van der Waals surface area contributed by atoms with Crippen molar-refractivity contribution in [1.29, 1.82) is 0 Å². The lowest BCUT2D eigenvalue weighted by Gasteiger charge is -2.33. The van der Waals surface area contributed by atoms with Crippen molar-refractivity contribution in [3.8, 4) is 0 Å². The Labute approximate surface area is 124 Å². The molecule has 19 heavy (non-hydrogen) atoms. The lowest BCUT2D eigenvalue weighted by atomic mass is 9.75. The van der Waals surface area contributed by atoms with Gasteiger partial charge in [-0.15, -0.1) is 22.9 Å². The Bertz CT molecular complexity index is 591. The topological polar surface area (TPSA) is 0 Å². The van der Waals surface area contributed by atoms with Crippen LogP contribution in [0.4, 0.5) is 0 Å². The molecule has 0 bridgehead atoms. The number of thiophene rings is 1. The normalized spacial score (nSPS) is 19.7. The maximum absolute atomic E-state index is 6.71. The molecule has 0 saturated heterocycles. The Hall–Kier alpha value is -0.790. The zero-order valence-corrected chi connectivity index (χ0v) is 13.2. The van der Waals surface area contributed by atoms with Gasteiger partial charge < -0.3 is 0 Å². The highest BCUT2D eigenvalue weighted by Gasteiger charge is 2.33. The Morgan fingerprint density at radius 3 is 2.53 bits per heavy atom. The van der Waals surface area contributed by atoms with E-state index in [0.717, 1.165) is 6.42 Å². The number of halogens is 1. The molecule has 3 rings (SSSR count). The summed E-state index contributed by atoms with van der Waals surface area (Å²) in [6, 6.07) is 13.1. The van der Waals surface area contributed by atoms with Crippen LogP contribution in [0.15, 0.2) is 36.4 Å². The minimum absolute atomic E-state index is 0.121. The van der Waals surface area contributed by atoms with E-state index in [9.17, 15) is 0 Å². The molecule has 0 N–H and O–H groups in total. The van der Waals surface area contributed by atoms with Crippen LogP contribution in [-0.2, 0) is 11.8 Å². The van der Waals surface area contributed by atoms with Gasteiger partial charge in [-0.05, 0) is 35.1 Å². The second kappa shape index (κ2) is 4.64. The van der Waals surface area contributed by atoms with E-state index in [1.54, 1.807) is 0 Å². The zero-order valence-electron chi connectivity index (χ0n) is 11.6. The number of alkyl halides is 1. The van der Waals surface area contributed by atoms with Gasteiger partial charge >= 0.3 is 0 Å². The molecule has 0 saturated carbocycles. The third kappa shape index (κ3) is 2.34. The van der Waals surface area contributed by atoms with Gasteiger partial charge in [0.2, 0.25) is 0 Å². The average molecular weight is 291 g/mol. The molecule has 0 spiro atoms. The molecule has 1 aromatic heterocycles. The first kappa shape index (κ1) is 13.2. The van der Waals surface area contributed by atoms with Gasteiger partial charge in [0, 0.05) is 15.7 Å². The summed E-state index contributed by atoms with van der Waals surface area (Å²) in [5.41, 5.74) is 3.12. The van der Waals surface area contributed by atoms with Gasteiger partial charge in [0.05, 0.1) is 5.38 Å². The molecule has 0 nitrogen and oxygen atoms in total. The summed E-state index contributed by atoms with van der Waals surface area (Å²) >= 11 is 8.58. The van der Waals surface area contributed by atoms with E-state index >= 15 is 0 Å². The molecular formula is C17H19ClS. The Kier molecular flexibility index (Phi) is 3.23. The standard InChI is InChI=1S/C17H19ClS/c1-17(2,3)15-9-8-14(19-15)16(18)13-10-11-6-4-5-7-12(11)13/h4-9,13,16H,10H2,1-3H3. The summed E-state index contributed by atoms with van der Waals surface area (Å²) in [5.74, 6) is 0.490. The van der Waals surface area contributed by atoms with Crippen molar-refractivity contribution >= 4 is 22.9 Å². The Morgan fingerprint density at radius 1 is 1.16 bits per heavy atom. The monoisotopic (exact) mass is 290 g/mol. The van der Waals surface area contributed by atoms with Crippen molar-refractivity contribution in [2.75, 3.05) is 0 Å². The van der Waals surface area contributed by atoms with E-state index in [-0.39, 0.29) is 10.8 Å². The largest absolute Gasteiger partial charge is 0.143 e. The highest BCUT2D eigenvalue weighted by Crippen LogP contribution is 2.48. The molecular weight excluding hydrogens is 272 g/mol. The second-order valence-corrected chi connectivity index (χ2v) is 7.95. The van der Waals surface area contributed by atoms with E-state index in [1.807, 2.05) is 11.3 Å². The molecule has 1 heterocycles. The number of hydrogen-bond acceptors (Lipinski definition) is 1. The first-order chi connectivity index (χ1) is 8.97. The van der Waals surface area contributed by atoms with Gasteiger partial charge in [0.15, 0.2) is 0 Å². The molecule has 1 aromatic carbocycles. The summed E-state index contributed by atoms with van der Waals surface area (Å²) in [4.78, 5) is 2.73. The lowest BCUT2D eigenvalue weighted by molar-refractivity contribution is 0.592. The van der Waals surface area contributed by atoms with E-state index in [2.05, 4.69) is 57.2 Å². The third-order valence-electron chi connectivity index (χ3n) is 3.89. The summed E-state index contributed by atoms with van der Waals surface area (Å²) in [6.07, 6.45) is 1.12. The van der Waals surface area contributed by atoms with Crippen molar-refractivity contribution in [2.45, 2.75) is 43.9 Å². The summed E-state index contributed by atoms with van der Waals surface area (Å²) in [5, 5.41) is 0.121. The van der Waals surface area contributed by atoms with Crippen LogP contribution in [0.1, 0.15) is 52.9 Å². The molecule has 2 heteroatoms. The molecule has 0 radical (unpaired) electrons. The Morgan fingerprint density at radius 2 is 1.89 bits per heavy atom. The molecule has 100 valence electrons. The quantitative estimate of drug-likeness (QED) is 0.626. The number of rotatable bonds is 2. The molecule has 1 aliphatic carbocycles. The van der Waals surface area contributed by atoms with Crippen LogP contribution < -0.4 is 0 Å². The predicted molar refractivity (Wildman–Crippen MR) is 84.5 cm³/mol. The van der Waals surface area contributed by atoms with Crippen LogP contribution >= 0.6 is 22.9 Å². The van der Waals surface area contributed by atoms with Gasteiger partial charge in [-0.1, -0.05) is 45.0 Å². The van der Waals surface area contributed by atoms with Gasteiger partial charge in [0.1, 0.15) is 0 Å². The van der Waals surface area contributed by atoms with Crippen LogP contribution in [0.2, 0.25) is 0 Å². The van der Waals surface area contributed by atoms with Crippen molar-refractivity contribution in [3.05, 3.63) is 57.3 Å². The number of benzene rings is 1. The summed E-state index contributed by atoms with van der Waals surface area (Å²) < 4.78 is 0. The smallest absolute Gasteiger partial charge is 0.0750 e. The molecule has 2 aromatic rings. The van der Waals surface area contributed by atoms with E-state index < -0.39 is 0 Å². The maximum atomic E-state index is 6.71. The van der Waals surface area contributed by atoms with E-state index in [1.165, 1.54) is 20.9 Å². The van der Waals surface area contributed by atoms with E-state index in [0.29, 0.717) is 5.92 Å². The van der Waals surface area contributed by atoms with Gasteiger partial charge in [-0.25, -0.2) is 0 Å². The van der Waals surface area contributed by atoms with Crippen molar-refractivity contribution < 1.29 is 0 Å². The van der Waals surface area contributed by atoms with Gasteiger partial charge in [-0.3, -0.25) is 0 Å².